The highest BCUT2D eigenvalue weighted by molar-refractivity contribution is 5.49. The van der Waals surface area contributed by atoms with E-state index in [9.17, 15) is 33.4 Å². The van der Waals surface area contributed by atoms with E-state index in [2.05, 4.69) is 0 Å². The molecule has 18 heavy (non-hydrogen) atoms. The zero-order valence-corrected chi connectivity index (χ0v) is 8.42. The summed E-state index contributed by atoms with van der Waals surface area (Å²) in [6.45, 7) is 0. The number of nitrogens with zero attached hydrogens (tertiary/aromatic N) is 2. The first-order valence-electron chi connectivity index (χ1n) is 4.32. The molecule has 7 nitrogen and oxygen atoms in total. The van der Waals surface area contributed by atoms with Crippen LogP contribution in [0.15, 0.2) is 18.2 Å². The Morgan fingerprint density at radius 1 is 1.17 bits per heavy atom. The summed E-state index contributed by atoms with van der Waals surface area (Å²) in [4.78, 5) is 18.7. The van der Waals surface area contributed by atoms with Crippen molar-refractivity contribution in [3.05, 3.63) is 44.0 Å². The lowest BCUT2D eigenvalue weighted by atomic mass is 10.1. The minimum atomic E-state index is -5.15. The molecule has 1 atom stereocenters. The van der Waals surface area contributed by atoms with Gasteiger partial charge in [-0.05, 0) is 0 Å². The van der Waals surface area contributed by atoms with E-state index in [1.165, 1.54) is 0 Å². The van der Waals surface area contributed by atoms with Crippen LogP contribution in [0.2, 0.25) is 0 Å². The van der Waals surface area contributed by atoms with E-state index in [0.29, 0.717) is 18.2 Å². The highest BCUT2D eigenvalue weighted by Crippen LogP contribution is 2.38. The number of nitro benzene ring substituents is 2. The van der Waals surface area contributed by atoms with Crippen molar-refractivity contribution in [1.29, 1.82) is 0 Å². The fraction of sp³-hybridized carbons (Fsp3) is 0.250. The van der Waals surface area contributed by atoms with Crippen LogP contribution >= 0.6 is 0 Å². The first-order chi connectivity index (χ1) is 8.14. The van der Waals surface area contributed by atoms with Crippen molar-refractivity contribution in [2.24, 2.45) is 0 Å². The number of aliphatic hydroxyl groups excluding tert-OH is 1. The van der Waals surface area contributed by atoms with E-state index in [1.54, 1.807) is 0 Å². The number of halogens is 3. The van der Waals surface area contributed by atoms with E-state index >= 15 is 0 Å². The van der Waals surface area contributed by atoms with Crippen molar-refractivity contribution in [2.75, 3.05) is 0 Å². The minimum Gasteiger partial charge on any atom is -0.379 e. The van der Waals surface area contributed by atoms with Crippen molar-refractivity contribution in [3.63, 3.8) is 0 Å². The molecule has 0 amide bonds. The van der Waals surface area contributed by atoms with Gasteiger partial charge in [0, 0.05) is 18.2 Å². The van der Waals surface area contributed by atoms with E-state index < -0.39 is 39.1 Å². The van der Waals surface area contributed by atoms with Crippen molar-refractivity contribution in [3.8, 4) is 0 Å². The lowest BCUT2D eigenvalue weighted by Crippen LogP contribution is -2.21. The summed E-state index contributed by atoms with van der Waals surface area (Å²) in [5.74, 6) is 0. The molecule has 0 bridgehead atoms. The average molecular weight is 266 g/mol. The van der Waals surface area contributed by atoms with Gasteiger partial charge in [-0.1, -0.05) is 0 Å². The molecule has 0 aliphatic carbocycles. The number of aliphatic hydroxyl groups is 1. The topological polar surface area (TPSA) is 107 Å². The smallest absolute Gasteiger partial charge is 0.379 e. The Kier molecular flexibility index (Phi) is 3.51. The van der Waals surface area contributed by atoms with Crippen LogP contribution in [0.5, 0.6) is 0 Å². The number of rotatable bonds is 3. The third kappa shape index (κ3) is 2.71. The van der Waals surface area contributed by atoms with Crippen LogP contribution in [0.25, 0.3) is 0 Å². The van der Waals surface area contributed by atoms with Gasteiger partial charge in [-0.25, -0.2) is 0 Å². The van der Waals surface area contributed by atoms with Gasteiger partial charge >= 0.3 is 6.18 Å². The lowest BCUT2D eigenvalue weighted by Gasteiger charge is -2.14. The van der Waals surface area contributed by atoms with Crippen LogP contribution in [0.1, 0.15) is 11.7 Å². The van der Waals surface area contributed by atoms with Gasteiger partial charge in [-0.15, -0.1) is 0 Å². The molecule has 0 heterocycles. The maximum atomic E-state index is 12.3. The Morgan fingerprint density at radius 2 is 1.72 bits per heavy atom. The number of nitro groups is 2. The molecule has 0 saturated heterocycles. The van der Waals surface area contributed by atoms with Gasteiger partial charge in [0.15, 0.2) is 6.10 Å². The highest BCUT2D eigenvalue weighted by atomic mass is 19.4. The lowest BCUT2D eigenvalue weighted by molar-refractivity contribution is -0.390. The van der Waals surface area contributed by atoms with E-state index in [-0.39, 0.29) is 0 Å². The molecule has 1 unspecified atom stereocenters. The van der Waals surface area contributed by atoms with Crippen LogP contribution in [0, 0.1) is 20.2 Å². The molecule has 0 saturated carbocycles. The average Bonchev–Trinajstić information content (AvgIpc) is 2.25. The Hall–Kier alpha value is -2.23. The summed E-state index contributed by atoms with van der Waals surface area (Å²) in [7, 11) is 0. The summed E-state index contributed by atoms with van der Waals surface area (Å²) in [5.41, 5.74) is -2.98. The van der Waals surface area contributed by atoms with E-state index in [1.807, 2.05) is 0 Å². The largest absolute Gasteiger partial charge is 0.418 e. The SMILES string of the molecule is O=[N+]([O-])c1ccc([N+](=O)[O-])c(C(O)C(F)(F)F)c1. The van der Waals surface area contributed by atoms with Crippen molar-refractivity contribution in [1.82, 2.24) is 0 Å². The normalized spacial score (nSPS) is 13.1. The van der Waals surface area contributed by atoms with Gasteiger partial charge in [0.25, 0.3) is 11.4 Å². The van der Waals surface area contributed by atoms with Crippen LogP contribution in [0.3, 0.4) is 0 Å². The fourth-order valence-corrected chi connectivity index (χ4v) is 1.22. The number of benzene rings is 1. The molecule has 1 N–H and O–H groups in total. The van der Waals surface area contributed by atoms with Gasteiger partial charge in [0.2, 0.25) is 0 Å². The third-order valence-electron chi connectivity index (χ3n) is 2.02. The maximum absolute atomic E-state index is 12.3. The summed E-state index contributed by atoms with van der Waals surface area (Å²) in [5, 5.41) is 29.8. The third-order valence-corrected chi connectivity index (χ3v) is 2.02. The van der Waals surface area contributed by atoms with E-state index in [0.717, 1.165) is 0 Å². The molecule has 1 rings (SSSR count). The zero-order chi connectivity index (χ0) is 14.1. The van der Waals surface area contributed by atoms with Gasteiger partial charge in [-0.3, -0.25) is 20.2 Å². The Labute approximate surface area is 96.8 Å². The van der Waals surface area contributed by atoms with Gasteiger partial charge in [-0.2, -0.15) is 13.2 Å². The fourth-order valence-electron chi connectivity index (χ4n) is 1.22. The molecule has 98 valence electrons. The van der Waals surface area contributed by atoms with Crippen molar-refractivity contribution >= 4 is 11.4 Å². The summed E-state index contributed by atoms with van der Waals surface area (Å²) >= 11 is 0. The molecule has 0 spiro atoms. The van der Waals surface area contributed by atoms with E-state index in [4.69, 9.17) is 5.11 Å². The van der Waals surface area contributed by atoms with Gasteiger partial charge in [0.05, 0.1) is 15.4 Å². The second kappa shape index (κ2) is 4.56. The highest BCUT2D eigenvalue weighted by Gasteiger charge is 2.43. The quantitative estimate of drug-likeness (QED) is 0.665. The second-order valence-corrected chi connectivity index (χ2v) is 3.20. The number of hydrogen-bond donors (Lipinski definition) is 1. The summed E-state index contributed by atoms with van der Waals surface area (Å²) < 4.78 is 36.8. The van der Waals surface area contributed by atoms with Crippen molar-refractivity contribution < 1.29 is 28.1 Å². The van der Waals surface area contributed by atoms with Crippen LogP contribution in [-0.2, 0) is 0 Å². The number of alkyl halides is 3. The molecule has 0 radical (unpaired) electrons. The van der Waals surface area contributed by atoms with Crippen molar-refractivity contribution in [2.45, 2.75) is 12.3 Å². The molecule has 1 aromatic rings. The Morgan fingerprint density at radius 3 is 2.11 bits per heavy atom. The summed E-state index contributed by atoms with van der Waals surface area (Å²) in [6, 6.07) is 1.56. The Balaban J connectivity index is 3.41. The van der Waals surface area contributed by atoms with Crippen LogP contribution in [-0.4, -0.2) is 21.1 Å². The Bertz CT molecular complexity index is 502. The molecule has 0 fully saturated rings. The maximum Gasteiger partial charge on any atom is 0.418 e. The number of non-ortho nitro benzene ring substituents is 1. The van der Waals surface area contributed by atoms with Crippen LogP contribution in [0.4, 0.5) is 24.5 Å². The van der Waals surface area contributed by atoms with Gasteiger partial charge < -0.3 is 5.11 Å². The molecular formula is C8H5F3N2O5. The predicted molar refractivity (Wildman–Crippen MR) is 50.8 cm³/mol. The molecule has 0 aliphatic heterocycles. The zero-order valence-electron chi connectivity index (χ0n) is 8.42. The molecule has 10 heteroatoms. The molecule has 0 aliphatic rings. The first-order valence-corrected chi connectivity index (χ1v) is 4.32. The molecule has 0 aromatic heterocycles. The second-order valence-electron chi connectivity index (χ2n) is 3.20. The summed E-state index contributed by atoms with van der Waals surface area (Å²) in [6.07, 6.45) is -8.31. The monoisotopic (exact) mass is 266 g/mol. The predicted octanol–water partition coefficient (Wildman–Crippen LogP) is 2.10. The minimum absolute atomic E-state index is 0.330. The van der Waals surface area contributed by atoms with Gasteiger partial charge in [0.1, 0.15) is 0 Å². The molecular weight excluding hydrogens is 261 g/mol. The number of hydrogen-bond acceptors (Lipinski definition) is 5. The first kappa shape index (κ1) is 13.8. The molecule has 1 aromatic carbocycles. The van der Waals surface area contributed by atoms with Crippen LogP contribution < -0.4 is 0 Å². The standard InChI is InChI=1S/C8H5F3N2O5/c9-8(10,11)7(14)5-3-4(12(15)16)1-2-6(5)13(17)18/h1-3,7,14H.